The summed E-state index contributed by atoms with van der Waals surface area (Å²) in [5, 5.41) is 1.95. The SMILES string of the molecule is CC(C)SCc1cc2ccc(CN)cc2[nH]1. The van der Waals surface area contributed by atoms with Crippen molar-refractivity contribution in [2.24, 2.45) is 5.73 Å². The van der Waals surface area contributed by atoms with E-state index in [0.29, 0.717) is 11.8 Å². The Morgan fingerprint density at radius 1 is 1.31 bits per heavy atom. The Labute approximate surface area is 101 Å². The number of benzene rings is 1. The fraction of sp³-hybridized carbons (Fsp3) is 0.385. The number of aromatic amines is 1. The minimum Gasteiger partial charge on any atom is -0.358 e. The van der Waals surface area contributed by atoms with Crippen LogP contribution in [0.4, 0.5) is 0 Å². The Morgan fingerprint density at radius 3 is 2.81 bits per heavy atom. The van der Waals surface area contributed by atoms with Gasteiger partial charge in [-0.05, 0) is 28.3 Å². The van der Waals surface area contributed by atoms with Crippen LogP contribution in [0.3, 0.4) is 0 Å². The topological polar surface area (TPSA) is 41.8 Å². The van der Waals surface area contributed by atoms with E-state index in [0.717, 1.165) is 5.75 Å². The number of rotatable bonds is 4. The molecule has 0 aliphatic heterocycles. The molecule has 0 aliphatic rings. The molecule has 0 radical (unpaired) electrons. The van der Waals surface area contributed by atoms with Crippen LogP contribution < -0.4 is 5.73 Å². The van der Waals surface area contributed by atoms with Gasteiger partial charge in [0.15, 0.2) is 0 Å². The van der Waals surface area contributed by atoms with E-state index in [1.165, 1.54) is 22.2 Å². The molecule has 1 heterocycles. The predicted octanol–water partition coefficient (Wildman–Crippen LogP) is 3.27. The second-order valence-electron chi connectivity index (χ2n) is 4.28. The van der Waals surface area contributed by atoms with Gasteiger partial charge in [-0.1, -0.05) is 26.0 Å². The number of nitrogens with two attached hydrogens (primary N) is 1. The minimum atomic E-state index is 0.602. The molecule has 0 spiro atoms. The molecule has 0 aliphatic carbocycles. The van der Waals surface area contributed by atoms with Crippen molar-refractivity contribution in [3.8, 4) is 0 Å². The summed E-state index contributed by atoms with van der Waals surface area (Å²) >= 11 is 1.95. The van der Waals surface area contributed by atoms with Gasteiger partial charge in [0.1, 0.15) is 0 Å². The minimum absolute atomic E-state index is 0.602. The number of aromatic nitrogens is 1. The molecule has 1 aromatic heterocycles. The van der Waals surface area contributed by atoms with E-state index in [1.54, 1.807) is 0 Å². The third-order valence-corrected chi connectivity index (χ3v) is 3.69. The van der Waals surface area contributed by atoms with Gasteiger partial charge in [-0.25, -0.2) is 0 Å². The molecule has 0 unspecified atom stereocenters. The van der Waals surface area contributed by atoms with E-state index in [4.69, 9.17) is 5.73 Å². The summed E-state index contributed by atoms with van der Waals surface area (Å²) in [5.41, 5.74) is 9.30. The molecular weight excluding hydrogens is 216 g/mol. The van der Waals surface area contributed by atoms with Gasteiger partial charge >= 0.3 is 0 Å². The van der Waals surface area contributed by atoms with E-state index < -0.39 is 0 Å². The van der Waals surface area contributed by atoms with Crippen molar-refractivity contribution in [2.75, 3.05) is 0 Å². The molecular formula is C13H18N2S. The van der Waals surface area contributed by atoms with Gasteiger partial charge in [-0.2, -0.15) is 11.8 Å². The smallest absolute Gasteiger partial charge is 0.0459 e. The highest BCUT2D eigenvalue weighted by Gasteiger charge is 2.02. The Bertz CT molecular complexity index is 474. The predicted molar refractivity (Wildman–Crippen MR) is 72.6 cm³/mol. The van der Waals surface area contributed by atoms with Crippen LogP contribution in [-0.2, 0) is 12.3 Å². The van der Waals surface area contributed by atoms with E-state index in [2.05, 4.69) is 43.1 Å². The quantitative estimate of drug-likeness (QED) is 0.852. The molecule has 0 saturated carbocycles. The van der Waals surface area contributed by atoms with Crippen LogP contribution in [0.15, 0.2) is 24.3 Å². The number of nitrogens with one attached hydrogen (secondary N) is 1. The molecule has 1 aromatic carbocycles. The first-order chi connectivity index (χ1) is 7.69. The molecule has 0 bridgehead atoms. The first-order valence-electron chi connectivity index (χ1n) is 5.61. The number of H-pyrrole nitrogens is 1. The molecule has 16 heavy (non-hydrogen) atoms. The van der Waals surface area contributed by atoms with Crippen molar-refractivity contribution in [3.05, 3.63) is 35.5 Å². The number of fused-ring (bicyclic) bond motifs is 1. The van der Waals surface area contributed by atoms with Crippen molar-refractivity contribution in [1.29, 1.82) is 0 Å². The fourth-order valence-corrected chi connectivity index (χ4v) is 2.36. The van der Waals surface area contributed by atoms with Crippen LogP contribution >= 0.6 is 11.8 Å². The Balaban J connectivity index is 2.22. The maximum atomic E-state index is 5.63. The highest BCUT2D eigenvalue weighted by atomic mass is 32.2. The second kappa shape index (κ2) is 4.93. The van der Waals surface area contributed by atoms with Crippen LogP contribution in [0.25, 0.3) is 10.9 Å². The zero-order valence-electron chi connectivity index (χ0n) is 9.79. The molecule has 3 N–H and O–H groups in total. The van der Waals surface area contributed by atoms with Crippen LogP contribution in [0.5, 0.6) is 0 Å². The van der Waals surface area contributed by atoms with Crippen molar-refractivity contribution in [2.45, 2.75) is 31.4 Å². The van der Waals surface area contributed by atoms with Crippen molar-refractivity contribution >= 4 is 22.7 Å². The fourth-order valence-electron chi connectivity index (χ4n) is 1.70. The molecule has 0 saturated heterocycles. The summed E-state index contributed by atoms with van der Waals surface area (Å²) in [6, 6.07) is 8.59. The van der Waals surface area contributed by atoms with Gasteiger partial charge < -0.3 is 10.7 Å². The standard InChI is InChI=1S/C13H18N2S/c1-9(2)16-8-12-6-11-4-3-10(7-14)5-13(11)15-12/h3-6,9,15H,7-8,14H2,1-2H3. The summed E-state index contributed by atoms with van der Waals surface area (Å²) in [6.07, 6.45) is 0. The number of hydrogen-bond acceptors (Lipinski definition) is 2. The third kappa shape index (κ3) is 2.60. The van der Waals surface area contributed by atoms with Crippen LogP contribution in [0, 0.1) is 0 Å². The molecule has 2 aromatic rings. The molecule has 86 valence electrons. The molecule has 0 amide bonds. The van der Waals surface area contributed by atoms with E-state index >= 15 is 0 Å². The second-order valence-corrected chi connectivity index (χ2v) is 5.84. The highest BCUT2D eigenvalue weighted by molar-refractivity contribution is 7.99. The van der Waals surface area contributed by atoms with Crippen LogP contribution in [0.2, 0.25) is 0 Å². The van der Waals surface area contributed by atoms with E-state index in [9.17, 15) is 0 Å². The van der Waals surface area contributed by atoms with Crippen LogP contribution in [0.1, 0.15) is 25.1 Å². The summed E-state index contributed by atoms with van der Waals surface area (Å²) in [5.74, 6) is 1.05. The lowest BCUT2D eigenvalue weighted by atomic mass is 10.2. The molecule has 2 rings (SSSR count). The highest BCUT2D eigenvalue weighted by Crippen LogP contribution is 2.22. The summed E-state index contributed by atoms with van der Waals surface area (Å²) in [7, 11) is 0. The Morgan fingerprint density at radius 2 is 2.12 bits per heavy atom. The zero-order valence-corrected chi connectivity index (χ0v) is 10.6. The lowest BCUT2D eigenvalue weighted by Crippen LogP contribution is -1.95. The third-order valence-electron chi connectivity index (χ3n) is 2.55. The Hall–Kier alpha value is -0.930. The summed E-state index contributed by atoms with van der Waals surface area (Å²) < 4.78 is 0. The lowest BCUT2D eigenvalue weighted by Gasteiger charge is -2.01. The van der Waals surface area contributed by atoms with E-state index in [-0.39, 0.29) is 0 Å². The Kier molecular flexibility index (Phi) is 3.56. The lowest BCUT2D eigenvalue weighted by molar-refractivity contribution is 1.07. The molecule has 0 atom stereocenters. The monoisotopic (exact) mass is 234 g/mol. The van der Waals surface area contributed by atoms with Crippen molar-refractivity contribution < 1.29 is 0 Å². The first kappa shape index (κ1) is 11.6. The summed E-state index contributed by atoms with van der Waals surface area (Å²) in [6.45, 7) is 5.05. The van der Waals surface area contributed by atoms with Gasteiger partial charge in [0.05, 0.1) is 0 Å². The average molecular weight is 234 g/mol. The largest absolute Gasteiger partial charge is 0.358 e. The van der Waals surface area contributed by atoms with Crippen molar-refractivity contribution in [1.82, 2.24) is 4.98 Å². The molecule has 2 nitrogen and oxygen atoms in total. The van der Waals surface area contributed by atoms with E-state index in [1.807, 2.05) is 11.8 Å². The zero-order chi connectivity index (χ0) is 11.5. The molecule has 3 heteroatoms. The number of hydrogen-bond donors (Lipinski definition) is 2. The van der Waals surface area contributed by atoms with Gasteiger partial charge in [-0.15, -0.1) is 0 Å². The average Bonchev–Trinajstić information content (AvgIpc) is 2.67. The van der Waals surface area contributed by atoms with Gasteiger partial charge in [0, 0.05) is 23.5 Å². The van der Waals surface area contributed by atoms with Gasteiger partial charge in [0.25, 0.3) is 0 Å². The van der Waals surface area contributed by atoms with Gasteiger partial charge in [-0.3, -0.25) is 0 Å². The maximum Gasteiger partial charge on any atom is 0.0459 e. The first-order valence-corrected chi connectivity index (χ1v) is 6.66. The normalized spacial score (nSPS) is 11.5. The van der Waals surface area contributed by atoms with Crippen molar-refractivity contribution in [3.63, 3.8) is 0 Å². The number of thioether (sulfide) groups is 1. The molecule has 0 fully saturated rings. The van der Waals surface area contributed by atoms with Gasteiger partial charge in [0.2, 0.25) is 0 Å². The maximum absolute atomic E-state index is 5.63. The van der Waals surface area contributed by atoms with Crippen LogP contribution in [-0.4, -0.2) is 10.2 Å². The summed E-state index contributed by atoms with van der Waals surface area (Å²) in [4.78, 5) is 3.45.